The molecule has 0 saturated heterocycles. The fraction of sp³-hybridized carbons (Fsp3) is 0.286. The molecule has 118 valence electrons. The van der Waals surface area contributed by atoms with Crippen molar-refractivity contribution < 1.29 is 13.2 Å². The minimum absolute atomic E-state index is 0.0149. The second kappa shape index (κ2) is 6.29. The highest BCUT2D eigenvalue weighted by Gasteiger charge is 2.12. The number of nitrogens with two attached hydrogens (primary N) is 1. The molecule has 1 amide bonds. The van der Waals surface area contributed by atoms with E-state index in [2.05, 4.69) is 15.5 Å². The number of hydrogen-bond donors (Lipinski definition) is 3. The van der Waals surface area contributed by atoms with Gasteiger partial charge in [0.15, 0.2) is 0 Å². The number of carbonyl (C=O) groups is 1. The summed E-state index contributed by atoms with van der Waals surface area (Å²) < 4.78 is 22.6. The van der Waals surface area contributed by atoms with Gasteiger partial charge in [0, 0.05) is 12.2 Å². The summed E-state index contributed by atoms with van der Waals surface area (Å²) in [5, 5.41) is 14.5. The van der Waals surface area contributed by atoms with Crippen LogP contribution in [0, 0.1) is 0 Å². The van der Waals surface area contributed by atoms with Crippen LogP contribution in [0.2, 0.25) is 0 Å². The van der Waals surface area contributed by atoms with E-state index >= 15 is 0 Å². The zero-order valence-electron chi connectivity index (χ0n) is 12.3. The van der Waals surface area contributed by atoms with E-state index in [0.717, 1.165) is 5.69 Å². The molecule has 0 radical (unpaired) electrons. The van der Waals surface area contributed by atoms with Gasteiger partial charge in [-0.2, -0.15) is 5.10 Å². The Balaban J connectivity index is 2.05. The van der Waals surface area contributed by atoms with Crippen LogP contribution in [0.1, 0.15) is 41.5 Å². The Hall–Kier alpha value is -2.19. The molecule has 2 aromatic rings. The third kappa shape index (κ3) is 3.92. The first-order chi connectivity index (χ1) is 10.3. The molecular weight excluding hydrogens is 304 g/mol. The fourth-order valence-corrected chi connectivity index (χ4v) is 2.44. The van der Waals surface area contributed by atoms with E-state index in [9.17, 15) is 13.2 Å². The van der Waals surface area contributed by atoms with Crippen molar-refractivity contribution in [3.8, 4) is 0 Å². The zero-order chi connectivity index (χ0) is 16.3. The van der Waals surface area contributed by atoms with E-state index in [1.807, 2.05) is 13.8 Å². The van der Waals surface area contributed by atoms with Gasteiger partial charge in [0.05, 0.1) is 4.90 Å². The minimum Gasteiger partial charge on any atom is -0.347 e. The van der Waals surface area contributed by atoms with Gasteiger partial charge in [-0.3, -0.25) is 9.89 Å². The first-order valence-electron chi connectivity index (χ1n) is 6.72. The average molecular weight is 322 g/mol. The molecule has 1 heterocycles. The first-order valence-corrected chi connectivity index (χ1v) is 8.27. The summed E-state index contributed by atoms with van der Waals surface area (Å²) in [6.07, 6.45) is 0. The number of rotatable bonds is 5. The molecule has 0 unspecified atom stereocenters. The zero-order valence-corrected chi connectivity index (χ0v) is 13.1. The summed E-state index contributed by atoms with van der Waals surface area (Å²) in [7, 11) is -3.75. The van der Waals surface area contributed by atoms with E-state index < -0.39 is 10.0 Å². The van der Waals surface area contributed by atoms with Crippen molar-refractivity contribution >= 4 is 15.9 Å². The monoisotopic (exact) mass is 322 g/mol. The normalized spacial score (nSPS) is 11.6. The Kier molecular flexibility index (Phi) is 4.62. The third-order valence-electron chi connectivity index (χ3n) is 3.13. The van der Waals surface area contributed by atoms with Crippen molar-refractivity contribution in [2.75, 3.05) is 0 Å². The molecule has 1 aromatic heterocycles. The van der Waals surface area contributed by atoms with Gasteiger partial charge in [-0.05, 0) is 29.7 Å². The molecule has 22 heavy (non-hydrogen) atoms. The topological polar surface area (TPSA) is 118 Å². The van der Waals surface area contributed by atoms with Gasteiger partial charge in [0.25, 0.3) is 5.91 Å². The second-order valence-corrected chi connectivity index (χ2v) is 6.80. The van der Waals surface area contributed by atoms with Gasteiger partial charge >= 0.3 is 0 Å². The fourth-order valence-electron chi connectivity index (χ4n) is 1.85. The summed E-state index contributed by atoms with van der Waals surface area (Å²) in [6, 6.07) is 7.81. The van der Waals surface area contributed by atoms with Crippen molar-refractivity contribution in [3.63, 3.8) is 0 Å². The Bertz CT molecular complexity index is 781. The van der Waals surface area contributed by atoms with Crippen LogP contribution in [0.5, 0.6) is 0 Å². The maximum Gasteiger partial charge on any atom is 0.272 e. The average Bonchev–Trinajstić information content (AvgIpc) is 2.94. The highest BCUT2D eigenvalue weighted by atomic mass is 32.2. The number of benzene rings is 1. The number of nitrogens with zero attached hydrogens (tertiary/aromatic N) is 1. The Morgan fingerprint density at radius 1 is 1.36 bits per heavy atom. The molecule has 0 atom stereocenters. The summed E-state index contributed by atoms with van der Waals surface area (Å²) >= 11 is 0. The van der Waals surface area contributed by atoms with Crippen LogP contribution in [0.15, 0.2) is 35.2 Å². The molecule has 0 aliphatic carbocycles. The standard InChI is InChI=1S/C14H18N4O3S/c1-9(2)12-7-13(18-17-12)14(19)16-8-10-4-3-5-11(6-10)22(15,20)21/h3-7,9H,8H2,1-2H3,(H,16,19)(H,17,18)(H2,15,20,21). The quantitative estimate of drug-likeness (QED) is 0.764. The van der Waals surface area contributed by atoms with Gasteiger partial charge in [-0.25, -0.2) is 13.6 Å². The molecule has 0 bridgehead atoms. The van der Waals surface area contributed by atoms with Gasteiger partial charge in [0.2, 0.25) is 10.0 Å². The van der Waals surface area contributed by atoms with Crippen molar-refractivity contribution in [2.45, 2.75) is 31.2 Å². The minimum atomic E-state index is -3.75. The summed E-state index contributed by atoms with van der Waals surface area (Å²) in [5.41, 5.74) is 1.81. The predicted octanol–water partition coefficient (Wildman–Crippen LogP) is 1.11. The molecule has 8 heteroatoms. The van der Waals surface area contributed by atoms with Crippen molar-refractivity contribution in [2.24, 2.45) is 5.14 Å². The third-order valence-corrected chi connectivity index (χ3v) is 4.04. The molecule has 0 aliphatic heterocycles. The van der Waals surface area contributed by atoms with Gasteiger partial charge < -0.3 is 5.32 Å². The highest BCUT2D eigenvalue weighted by molar-refractivity contribution is 7.89. The number of sulfonamides is 1. The molecule has 0 saturated carbocycles. The van der Waals surface area contributed by atoms with Crippen molar-refractivity contribution in [1.29, 1.82) is 0 Å². The number of nitrogens with one attached hydrogen (secondary N) is 2. The first kappa shape index (κ1) is 16.2. The lowest BCUT2D eigenvalue weighted by atomic mass is 10.1. The second-order valence-electron chi connectivity index (χ2n) is 5.24. The molecular formula is C14H18N4O3S. The van der Waals surface area contributed by atoms with Crippen molar-refractivity contribution in [3.05, 3.63) is 47.3 Å². The maximum atomic E-state index is 12.0. The number of aromatic amines is 1. The number of H-pyrrole nitrogens is 1. The lowest BCUT2D eigenvalue weighted by Gasteiger charge is -2.05. The van der Waals surface area contributed by atoms with E-state index in [1.165, 1.54) is 12.1 Å². The number of hydrogen-bond acceptors (Lipinski definition) is 4. The number of primary sulfonamides is 1. The molecule has 2 rings (SSSR count). The maximum absolute atomic E-state index is 12.0. The van der Waals surface area contributed by atoms with E-state index in [-0.39, 0.29) is 23.3 Å². The molecule has 4 N–H and O–H groups in total. The Labute approximate surface area is 129 Å². The number of aromatic nitrogens is 2. The summed E-state index contributed by atoms with van der Waals surface area (Å²) in [6.45, 7) is 4.17. The highest BCUT2D eigenvalue weighted by Crippen LogP contribution is 2.12. The van der Waals surface area contributed by atoms with E-state index in [0.29, 0.717) is 11.3 Å². The lowest BCUT2D eigenvalue weighted by molar-refractivity contribution is 0.0946. The smallest absolute Gasteiger partial charge is 0.272 e. The molecule has 1 aromatic carbocycles. The Morgan fingerprint density at radius 2 is 2.09 bits per heavy atom. The van der Waals surface area contributed by atoms with Crippen LogP contribution in [0.4, 0.5) is 0 Å². The van der Waals surface area contributed by atoms with Gasteiger partial charge in [0.1, 0.15) is 5.69 Å². The van der Waals surface area contributed by atoms with Crippen LogP contribution < -0.4 is 10.5 Å². The SMILES string of the molecule is CC(C)c1cc(C(=O)NCc2cccc(S(N)(=O)=O)c2)n[nH]1. The van der Waals surface area contributed by atoms with Crippen molar-refractivity contribution in [1.82, 2.24) is 15.5 Å². The molecule has 7 nitrogen and oxygen atoms in total. The number of amides is 1. The summed E-state index contributed by atoms with van der Waals surface area (Å²) in [5.74, 6) is -0.0790. The Morgan fingerprint density at radius 3 is 2.68 bits per heavy atom. The van der Waals surface area contributed by atoms with Crippen LogP contribution in [0.25, 0.3) is 0 Å². The van der Waals surface area contributed by atoms with E-state index in [1.54, 1.807) is 18.2 Å². The van der Waals surface area contributed by atoms with Crippen LogP contribution in [-0.2, 0) is 16.6 Å². The van der Waals surface area contributed by atoms with Crippen LogP contribution in [0.3, 0.4) is 0 Å². The van der Waals surface area contributed by atoms with Crippen LogP contribution >= 0.6 is 0 Å². The molecule has 0 aliphatic rings. The lowest BCUT2D eigenvalue weighted by Crippen LogP contribution is -2.23. The van der Waals surface area contributed by atoms with E-state index in [4.69, 9.17) is 5.14 Å². The largest absolute Gasteiger partial charge is 0.347 e. The number of carbonyl (C=O) groups excluding carboxylic acids is 1. The molecule has 0 spiro atoms. The van der Waals surface area contributed by atoms with Gasteiger partial charge in [-0.15, -0.1) is 0 Å². The van der Waals surface area contributed by atoms with Gasteiger partial charge in [-0.1, -0.05) is 26.0 Å². The molecule has 0 fully saturated rings. The summed E-state index contributed by atoms with van der Waals surface area (Å²) in [4.78, 5) is 12.0. The van der Waals surface area contributed by atoms with Crippen LogP contribution in [-0.4, -0.2) is 24.5 Å². The predicted molar refractivity (Wildman–Crippen MR) is 81.7 cm³/mol.